The van der Waals surface area contributed by atoms with Crippen LogP contribution in [0.3, 0.4) is 0 Å². The number of aromatic nitrogens is 2. The van der Waals surface area contributed by atoms with Crippen LogP contribution in [0, 0.1) is 12.8 Å². The second-order valence-electron chi connectivity index (χ2n) is 6.39. The van der Waals surface area contributed by atoms with Gasteiger partial charge in [-0.2, -0.15) is 0 Å². The molecule has 1 heterocycles. The van der Waals surface area contributed by atoms with E-state index >= 15 is 0 Å². The van der Waals surface area contributed by atoms with E-state index in [0.717, 1.165) is 29.0 Å². The number of nitrogens with zero attached hydrogens (tertiary/aromatic N) is 1. The number of fused-ring (bicyclic) bond motifs is 1. The fourth-order valence-corrected chi connectivity index (χ4v) is 3.34. The van der Waals surface area contributed by atoms with Crippen molar-refractivity contribution in [1.29, 1.82) is 0 Å². The number of halogens is 1. The van der Waals surface area contributed by atoms with Crippen LogP contribution in [0.25, 0.3) is 11.0 Å². The lowest BCUT2D eigenvalue weighted by Crippen LogP contribution is -2.37. The molecule has 0 spiro atoms. The fraction of sp³-hybridized carbons (Fsp3) is 0.529. The minimum Gasteiger partial charge on any atom is -0.342 e. The van der Waals surface area contributed by atoms with E-state index in [0.29, 0.717) is 5.92 Å². The Balaban J connectivity index is 0.00000192. The average Bonchev–Trinajstić information content (AvgIpc) is 2.87. The second kappa shape index (κ2) is 7.79. The Morgan fingerprint density at radius 3 is 2.87 bits per heavy atom. The summed E-state index contributed by atoms with van der Waals surface area (Å²) in [7, 11) is 0. The fourth-order valence-electron chi connectivity index (χ4n) is 3.34. The summed E-state index contributed by atoms with van der Waals surface area (Å²) < 4.78 is 0. The topological polar surface area (TPSA) is 83.8 Å². The predicted molar refractivity (Wildman–Crippen MR) is 95.9 cm³/mol. The highest BCUT2D eigenvalue weighted by molar-refractivity contribution is 5.96. The molecular formula is C17H25ClN4O. The predicted octanol–water partition coefficient (Wildman–Crippen LogP) is 3.53. The molecule has 1 atom stereocenters. The van der Waals surface area contributed by atoms with Gasteiger partial charge in [0, 0.05) is 5.69 Å². The van der Waals surface area contributed by atoms with E-state index in [1.165, 1.54) is 32.1 Å². The Hall–Kier alpha value is -1.59. The number of nitrogens with two attached hydrogens (primary N) is 1. The summed E-state index contributed by atoms with van der Waals surface area (Å²) >= 11 is 0. The van der Waals surface area contributed by atoms with E-state index in [2.05, 4.69) is 15.3 Å². The van der Waals surface area contributed by atoms with Crippen molar-refractivity contribution in [3.8, 4) is 0 Å². The molecule has 6 heteroatoms. The van der Waals surface area contributed by atoms with Gasteiger partial charge in [0.25, 0.3) is 0 Å². The SMILES string of the molecule is Cc1nc2ccc(NC(=O)C(N)CC3CCCCC3)cc2[nH]1.Cl. The van der Waals surface area contributed by atoms with E-state index in [9.17, 15) is 4.79 Å². The summed E-state index contributed by atoms with van der Waals surface area (Å²) in [6.07, 6.45) is 7.07. The Morgan fingerprint density at radius 2 is 2.13 bits per heavy atom. The van der Waals surface area contributed by atoms with Crippen LogP contribution in [-0.4, -0.2) is 21.9 Å². The van der Waals surface area contributed by atoms with Gasteiger partial charge in [-0.25, -0.2) is 4.98 Å². The maximum atomic E-state index is 12.3. The molecular weight excluding hydrogens is 312 g/mol. The molecule has 0 bridgehead atoms. The molecule has 0 radical (unpaired) electrons. The molecule has 0 saturated heterocycles. The highest BCUT2D eigenvalue weighted by Gasteiger charge is 2.21. The van der Waals surface area contributed by atoms with Crippen LogP contribution in [0.5, 0.6) is 0 Å². The summed E-state index contributed by atoms with van der Waals surface area (Å²) in [6, 6.07) is 5.25. The monoisotopic (exact) mass is 336 g/mol. The number of rotatable bonds is 4. The van der Waals surface area contributed by atoms with Crippen LogP contribution in [0.2, 0.25) is 0 Å². The molecule has 3 rings (SSSR count). The number of hydrogen-bond donors (Lipinski definition) is 3. The Kier molecular flexibility index (Phi) is 6.02. The van der Waals surface area contributed by atoms with Crippen molar-refractivity contribution in [3.63, 3.8) is 0 Å². The van der Waals surface area contributed by atoms with E-state index in [1.807, 2.05) is 25.1 Å². The average molecular weight is 337 g/mol. The molecule has 1 aliphatic carbocycles. The molecule has 23 heavy (non-hydrogen) atoms. The number of carbonyl (C=O) groups excluding carboxylic acids is 1. The molecule has 1 saturated carbocycles. The minimum atomic E-state index is -0.428. The Labute approximate surface area is 142 Å². The van der Waals surface area contributed by atoms with Crippen LogP contribution in [-0.2, 0) is 4.79 Å². The third kappa shape index (κ3) is 4.45. The molecule has 0 aliphatic heterocycles. The molecule has 1 unspecified atom stereocenters. The minimum absolute atomic E-state index is 0. The van der Waals surface area contributed by atoms with Crippen molar-refractivity contribution >= 4 is 35.0 Å². The zero-order valence-electron chi connectivity index (χ0n) is 13.5. The van der Waals surface area contributed by atoms with Crippen LogP contribution in [0.15, 0.2) is 18.2 Å². The first kappa shape index (κ1) is 17.8. The first-order valence-electron chi connectivity index (χ1n) is 8.14. The summed E-state index contributed by atoms with van der Waals surface area (Å²) in [5, 5.41) is 2.92. The van der Waals surface area contributed by atoms with Crippen molar-refractivity contribution in [1.82, 2.24) is 9.97 Å². The van der Waals surface area contributed by atoms with E-state index in [-0.39, 0.29) is 18.3 Å². The van der Waals surface area contributed by atoms with Crippen molar-refractivity contribution < 1.29 is 4.79 Å². The zero-order chi connectivity index (χ0) is 15.5. The number of benzene rings is 1. The quantitative estimate of drug-likeness (QED) is 0.798. The van der Waals surface area contributed by atoms with E-state index in [4.69, 9.17) is 5.73 Å². The summed E-state index contributed by atoms with van der Waals surface area (Å²) in [6.45, 7) is 1.92. The van der Waals surface area contributed by atoms with Crippen LogP contribution in [0.4, 0.5) is 5.69 Å². The van der Waals surface area contributed by atoms with Gasteiger partial charge in [-0.15, -0.1) is 12.4 Å². The normalized spacial score (nSPS) is 16.8. The molecule has 126 valence electrons. The van der Waals surface area contributed by atoms with E-state index < -0.39 is 6.04 Å². The standard InChI is InChI=1S/C17H24N4O.ClH/c1-11-19-15-8-7-13(10-16(15)20-11)21-17(22)14(18)9-12-5-3-2-4-6-12;/h7-8,10,12,14H,2-6,9,18H2,1H3,(H,19,20)(H,21,22);1H. The Bertz CT molecular complexity index is 664. The van der Waals surface area contributed by atoms with Crippen molar-refractivity contribution in [2.45, 2.75) is 51.5 Å². The highest BCUT2D eigenvalue weighted by atomic mass is 35.5. The number of amides is 1. The van der Waals surface area contributed by atoms with Crippen LogP contribution in [0.1, 0.15) is 44.3 Å². The number of nitrogens with one attached hydrogen (secondary N) is 2. The second-order valence-corrected chi connectivity index (χ2v) is 6.39. The lowest BCUT2D eigenvalue weighted by molar-refractivity contribution is -0.117. The van der Waals surface area contributed by atoms with Gasteiger partial charge >= 0.3 is 0 Å². The lowest BCUT2D eigenvalue weighted by Gasteiger charge is -2.24. The van der Waals surface area contributed by atoms with Gasteiger partial charge in [0.1, 0.15) is 5.82 Å². The van der Waals surface area contributed by atoms with Crippen molar-refractivity contribution in [3.05, 3.63) is 24.0 Å². The smallest absolute Gasteiger partial charge is 0.241 e. The van der Waals surface area contributed by atoms with Gasteiger partial charge in [-0.1, -0.05) is 32.1 Å². The molecule has 1 amide bonds. The van der Waals surface area contributed by atoms with Gasteiger partial charge in [-0.05, 0) is 37.5 Å². The van der Waals surface area contributed by atoms with Gasteiger partial charge in [0.15, 0.2) is 0 Å². The van der Waals surface area contributed by atoms with Gasteiger partial charge < -0.3 is 16.0 Å². The van der Waals surface area contributed by atoms with Crippen molar-refractivity contribution in [2.24, 2.45) is 11.7 Å². The van der Waals surface area contributed by atoms with Crippen LogP contribution >= 0.6 is 12.4 Å². The third-order valence-corrected chi connectivity index (χ3v) is 4.52. The molecule has 1 fully saturated rings. The first-order chi connectivity index (χ1) is 10.6. The molecule has 4 N–H and O–H groups in total. The van der Waals surface area contributed by atoms with Gasteiger partial charge in [0.05, 0.1) is 17.1 Å². The maximum absolute atomic E-state index is 12.3. The maximum Gasteiger partial charge on any atom is 0.241 e. The first-order valence-corrected chi connectivity index (χ1v) is 8.14. The highest BCUT2D eigenvalue weighted by Crippen LogP contribution is 2.27. The summed E-state index contributed by atoms with van der Waals surface area (Å²) in [4.78, 5) is 19.8. The molecule has 1 aromatic heterocycles. The number of anilines is 1. The number of aryl methyl sites for hydroxylation is 1. The van der Waals surface area contributed by atoms with Gasteiger partial charge in [-0.3, -0.25) is 4.79 Å². The van der Waals surface area contributed by atoms with Crippen LogP contribution < -0.4 is 11.1 Å². The number of aromatic amines is 1. The zero-order valence-corrected chi connectivity index (χ0v) is 14.3. The molecule has 5 nitrogen and oxygen atoms in total. The number of H-pyrrole nitrogens is 1. The third-order valence-electron chi connectivity index (χ3n) is 4.52. The molecule has 1 aliphatic rings. The Morgan fingerprint density at radius 1 is 1.39 bits per heavy atom. The van der Waals surface area contributed by atoms with E-state index in [1.54, 1.807) is 0 Å². The molecule has 2 aromatic rings. The largest absolute Gasteiger partial charge is 0.342 e. The summed E-state index contributed by atoms with van der Waals surface area (Å²) in [5.41, 5.74) is 8.68. The van der Waals surface area contributed by atoms with Crippen molar-refractivity contribution in [2.75, 3.05) is 5.32 Å². The number of hydrogen-bond acceptors (Lipinski definition) is 3. The summed E-state index contributed by atoms with van der Waals surface area (Å²) in [5.74, 6) is 1.38. The lowest BCUT2D eigenvalue weighted by atomic mass is 9.85. The molecule has 1 aromatic carbocycles. The number of carbonyl (C=O) groups is 1. The van der Waals surface area contributed by atoms with Gasteiger partial charge in [0.2, 0.25) is 5.91 Å². The number of imidazole rings is 1.